The van der Waals surface area contributed by atoms with E-state index in [1.807, 2.05) is 11.8 Å². The normalized spacial score (nSPS) is 17.2. The Kier molecular flexibility index (Phi) is 5.40. The number of benzene rings is 1. The Morgan fingerprint density at radius 2 is 2.00 bits per heavy atom. The molecule has 1 atom stereocenters. The van der Waals surface area contributed by atoms with Gasteiger partial charge in [-0.2, -0.15) is 0 Å². The number of anilines is 1. The molecule has 1 saturated heterocycles. The summed E-state index contributed by atoms with van der Waals surface area (Å²) in [7, 11) is 0. The highest BCUT2D eigenvalue weighted by atomic mass is 16.5. The van der Waals surface area contributed by atoms with Crippen LogP contribution in [0.1, 0.15) is 65.3 Å². The van der Waals surface area contributed by atoms with Crippen molar-refractivity contribution < 1.29 is 14.1 Å². The first-order valence-corrected chi connectivity index (χ1v) is 9.18. The molecule has 1 aliphatic heterocycles. The Bertz CT molecular complexity index is 795. The highest BCUT2D eigenvalue weighted by Gasteiger charge is 2.24. The fraction of sp³-hybridized carbons (Fsp3) is 0.450. The van der Waals surface area contributed by atoms with Crippen molar-refractivity contribution in [3.05, 3.63) is 46.8 Å². The summed E-state index contributed by atoms with van der Waals surface area (Å²) < 4.78 is 5.11. The summed E-state index contributed by atoms with van der Waals surface area (Å²) in [6.07, 6.45) is 3.92. The van der Waals surface area contributed by atoms with E-state index in [0.29, 0.717) is 34.7 Å². The molecule has 26 heavy (non-hydrogen) atoms. The summed E-state index contributed by atoms with van der Waals surface area (Å²) in [5.41, 5.74) is 2.41. The van der Waals surface area contributed by atoms with E-state index in [2.05, 4.69) is 17.4 Å². The molecule has 0 saturated carbocycles. The molecule has 1 aliphatic rings. The van der Waals surface area contributed by atoms with Gasteiger partial charge in [-0.25, -0.2) is 0 Å². The fourth-order valence-electron chi connectivity index (χ4n) is 3.41. The highest BCUT2D eigenvalue weighted by molar-refractivity contribution is 6.06. The number of nitrogens with zero attached hydrogens (tertiary/aromatic N) is 2. The monoisotopic (exact) mass is 355 g/mol. The predicted octanol–water partition coefficient (Wildman–Crippen LogP) is 3.81. The van der Waals surface area contributed by atoms with Gasteiger partial charge in [0.25, 0.3) is 11.8 Å². The van der Waals surface area contributed by atoms with Crippen LogP contribution in [0.2, 0.25) is 0 Å². The molecule has 1 aromatic carbocycles. The summed E-state index contributed by atoms with van der Waals surface area (Å²) in [6, 6.07) is 7.32. The van der Waals surface area contributed by atoms with E-state index in [1.165, 1.54) is 6.42 Å². The molecule has 2 aromatic rings. The van der Waals surface area contributed by atoms with E-state index in [4.69, 9.17) is 4.52 Å². The van der Waals surface area contributed by atoms with E-state index in [1.54, 1.807) is 31.2 Å². The molecule has 1 unspecified atom stereocenters. The van der Waals surface area contributed by atoms with Gasteiger partial charge >= 0.3 is 0 Å². The number of rotatable bonds is 4. The van der Waals surface area contributed by atoms with Crippen LogP contribution < -0.4 is 5.32 Å². The maximum absolute atomic E-state index is 12.7. The van der Waals surface area contributed by atoms with Crippen molar-refractivity contribution in [2.75, 3.05) is 11.9 Å². The van der Waals surface area contributed by atoms with Crippen LogP contribution in [0.3, 0.4) is 0 Å². The van der Waals surface area contributed by atoms with Gasteiger partial charge in [0.2, 0.25) is 0 Å². The first kappa shape index (κ1) is 18.2. The molecule has 0 bridgehead atoms. The first-order chi connectivity index (χ1) is 12.5. The SMILES string of the molecule is CCc1noc(C)c1C(=O)Nc1ccc(C(=O)N2CCCCC2C)cc1. The summed E-state index contributed by atoms with van der Waals surface area (Å²) in [5.74, 6) is 0.313. The molecule has 6 heteroatoms. The number of hydrogen-bond acceptors (Lipinski definition) is 4. The molecule has 3 rings (SSSR count). The summed E-state index contributed by atoms with van der Waals surface area (Å²) >= 11 is 0. The van der Waals surface area contributed by atoms with Gasteiger partial charge in [-0.05, 0) is 63.8 Å². The van der Waals surface area contributed by atoms with Crippen molar-refractivity contribution in [2.45, 2.75) is 52.5 Å². The van der Waals surface area contributed by atoms with Crippen molar-refractivity contribution in [1.82, 2.24) is 10.1 Å². The second-order valence-electron chi connectivity index (χ2n) is 6.79. The number of nitrogens with one attached hydrogen (secondary N) is 1. The zero-order valence-corrected chi connectivity index (χ0v) is 15.5. The number of amides is 2. The molecule has 1 fully saturated rings. The van der Waals surface area contributed by atoms with E-state index in [9.17, 15) is 9.59 Å². The minimum absolute atomic E-state index is 0.0539. The predicted molar refractivity (Wildman–Crippen MR) is 99.4 cm³/mol. The number of carbonyl (C=O) groups is 2. The fourth-order valence-corrected chi connectivity index (χ4v) is 3.41. The van der Waals surface area contributed by atoms with Crippen LogP contribution in [0, 0.1) is 6.92 Å². The van der Waals surface area contributed by atoms with Crippen LogP contribution in [-0.2, 0) is 6.42 Å². The number of aryl methyl sites for hydroxylation is 2. The number of carbonyl (C=O) groups excluding carboxylic acids is 2. The van der Waals surface area contributed by atoms with Crippen molar-refractivity contribution >= 4 is 17.5 Å². The Labute approximate surface area is 153 Å². The number of likely N-dealkylation sites (tertiary alicyclic amines) is 1. The summed E-state index contributed by atoms with van der Waals surface area (Å²) in [4.78, 5) is 27.1. The number of aromatic nitrogens is 1. The van der Waals surface area contributed by atoms with Crippen molar-refractivity contribution in [3.63, 3.8) is 0 Å². The molecule has 0 radical (unpaired) electrons. The summed E-state index contributed by atoms with van der Waals surface area (Å²) in [5, 5.41) is 6.76. The van der Waals surface area contributed by atoms with Gasteiger partial charge in [-0.1, -0.05) is 12.1 Å². The first-order valence-electron chi connectivity index (χ1n) is 9.18. The third-order valence-corrected chi connectivity index (χ3v) is 4.95. The van der Waals surface area contributed by atoms with Crippen molar-refractivity contribution in [2.24, 2.45) is 0 Å². The Morgan fingerprint density at radius 3 is 2.65 bits per heavy atom. The second-order valence-corrected chi connectivity index (χ2v) is 6.79. The lowest BCUT2D eigenvalue weighted by Gasteiger charge is -2.33. The van der Waals surface area contributed by atoms with Gasteiger partial charge in [0, 0.05) is 23.8 Å². The largest absolute Gasteiger partial charge is 0.361 e. The zero-order valence-electron chi connectivity index (χ0n) is 15.5. The molecular formula is C20H25N3O3. The molecule has 2 amide bonds. The smallest absolute Gasteiger partial charge is 0.261 e. The average molecular weight is 355 g/mol. The lowest BCUT2D eigenvalue weighted by Crippen LogP contribution is -2.42. The van der Waals surface area contributed by atoms with Crippen LogP contribution in [-0.4, -0.2) is 34.5 Å². The van der Waals surface area contributed by atoms with Crippen LogP contribution in [0.25, 0.3) is 0 Å². The second kappa shape index (κ2) is 7.72. The molecule has 1 aromatic heterocycles. The minimum atomic E-state index is -0.246. The van der Waals surface area contributed by atoms with Gasteiger partial charge in [-0.15, -0.1) is 0 Å². The third-order valence-electron chi connectivity index (χ3n) is 4.95. The topological polar surface area (TPSA) is 75.4 Å². The molecule has 6 nitrogen and oxygen atoms in total. The Hall–Kier alpha value is -2.63. The van der Waals surface area contributed by atoms with Gasteiger partial charge < -0.3 is 14.7 Å². The maximum Gasteiger partial charge on any atom is 0.261 e. The van der Waals surface area contributed by atoms with E-state index in [0.717, 1.165) is 19.4 Å². The molecule has 138 valence electrons. The Balaban J connectivity index is 1.70. The van der Waals surface area contributed by atoms with E-state index in [-0.39, 0.29) is 17.9 Å². The average Bonchev–Trinajstić information content (AvgIpc) is 3.03. The van der Waals surface area contributed by atoms with E-state index >= 15 is 0 Å². The summed E-state index contributed by atoms with van der Waals surface area (Å²) in [6.45, 7) is 6.56. The van der Waals surface area contributed by atoms with Gasteiger partial charge in [0.15, 0.2) is 0 Å². The molecule has 1 N–H and O–H groups in total. The third kappa shape index (κ3) is 3.64. The molecule has 2 heterocycles. The van der Waals surface area contributed by atoms with Crippen molar-refractivity contribution in [1.29, 1.82) is 0 Å². The molecular weight excluding hydrogens is 330 g/mol. The van der Waals surface area contributed by atoms with Crippen LogP contribution >= 0.6 is 0 Å². The van der Waals surface area contributed by atoms with Crippen LogP contribution in [0.5, 0.6) is 0 Å². The Morgan fingerprint density at radius 1 is 1.27 bits per heavy atom. The van der Waals surface area contributed by atoms with Gasteiger partial charge in [-0.3, -0.25) is 9.59 Å². The maximum atomic E-state index is 12.7. The minimum Gasteiger partial charge on any atom is -0.361 e. The van der Waals surface area contributed by atoms with Crippen molar-refractivity contribution in [3.8, 4) is 0 Å². The van der Waals surface area contributed by atoms with Crippen LogP contribution in [0.15, 0.2) is 28.8 Å². The zero-order chi connectivity index (χ0) is 18.7. The number of piperidine rings is 1. The highest BCUT2D eigenvalue weighted by Crippen LogP contribution is 2.21. The quantitative estimate of drug-likeness (QED) is 0.905. The molecule has 0 spiro atoms. The van der Waals surface area contributed by atoms with Gasteiger partial charge in [0.05, 0.1) is 5.69 Å². The lowest BCUT2D eigenvalue weighted by atomic mass is 10.0. The molecule has 0 aliphatic carbocycles. The lowest BCUT2D eigenvalue weighted by molar-refractivity contribution is 0.0635. The standard InChI is InChI=1S/C20H25N3O3/c1-4-17-18(14(3)26-22-17)19(24)21-16-10-8-15(9-11-16)20(25)23-12-6-5-7-13(23)2/h8-11,13H,4-7,12H2,1-3H3,(H,21,24). The van der Waals surface area contributed by atoms with E-state index < -0.39 is 0 Å². The number of hydrogen-bond donors (Lipinski definition) is 1. The van der Waals surface area contributed by atoms with Crippen LogP contribution in [0.4, 0.5) is 5.69 Å². The van der Waals surface area contributed by atoms with Gasteiger partial charge in [0.1, 0.15) is 11.3 Å².